The third kappa shape index (κ3) is 5.90. The van der Waals surface area contributed by atoms with Crippen molar-refractivity contribution in [1.29, 1.82) is 0 Å². The number of benzene rings is 2. The number of ether oxygens (including phenoxy) is 2. The zero-order chi connectivity index (χ0) is 26.6. The number of halogens is 1. The highest BCUT2D eigenvalue weighted by atomic mass is 35.5. The van der Waals surface area contributed by atoms with E-state index in [0.717, 1.165) is 44.0 Å². The summed E-state index contributed by atoms with van der Waals surface area (Å²) in [6, 6.07) is 9.99. The van der Waals surface area contributed by atoms with Gasteiger partial charge in [-0.15, -0.1) is 0 Å². The van der Waals surface area contributed by atoms with E-state index in [-0.39, 0.29) is 30.4 Å². The first-order valence-electron chi connectivity index (χ1n) is 12.9. The van der Waals surface area contributed by atoms with E-state index < -0.39 is 11.9 Å². The Morgan fingerprint density at radius 1 is 1.11 bits per heavy atom. The van der Waals surface area contributed by atoms with Gasteiger partial charge in [0.15, 0.2) is 5.78 Å². The molecule has 0 aliphatic carbocycles. The van der Waals surface area contributed by atoms with Crippen molar-refractivity contribution in [3.63, 3.8) is 0 Å². The van der Waals surface area contributed by atoms with Gasteiger partial charge < -0.3 is 14.4 Å². The average molecular weight is 540 g/mol. The number of hydrogen-bond acceptors (Lipinski definition) is 7. The molecule has 0 saturated carbocycles. The van der Waals surface area contributed by atoms with Crippen LogP contribution in [0.15, 0.2) is 36.4 Å². The van der Waals surface area contributed by atoms with Crippen LogP contribution in [-0.4, -0.2) is 78.8 Å². The Labute approximate surface area is 226 Å². The number of morpholine rings is 1. The molecule has 10 heteroatoms. The maximum atomic E-state index is 12.9. The third-order valence-corrected chi connectivity index (χ3v) is 7.55. The molecule has 1 unspecified atom stereocenters. The van der Waals surface area contributed by atoms with Crippen LogP contribution in [0.5, 0.6) is 5.75 Å². The minimum Gasteiger partial charge on any atom is -0.491 e. The van der Waals surface area contributed by atoms with Crippen molar-refractivity contribution in [1.82, 2.24) is 15.1 Å². The van der Waals surface area contributed by atoms with E-state index in [1.165, 1.54) is 4.90 Å². The number of imide groups is 1. The summed E-state index contributed by atoms with van der Waals surface area (Å²) in [4.78, 5) is 53.2. The Balaban J connectivity index is 1.14. The Kier molecular flexibility index (Phi) is 8.06. The summed E-state index contributed by atoms with van der Waals surface area (Å²) < 4.78 is 11.2. The number of carbonyl (C=O) groups excluding carboxylic acids is 4. The number of nitrogens with zero attached hydrogens (tertiary/aromatic N) is 2. The van der Waals surface area contributed by atoms with Crippen LogP contribution in [0.3, 0.4) is 0 Å². The van der Waals surface area contributed by atoms with Crippen LogP contribution in [0.2, 0.25) is 5.02 Å². The van der Waals surface area contributed by atoms with Crippen LogP contribution in [0.1, 0.15) is 51.1 Å². The summed E-state index contributed by atoms with van der Waals surface area (Å²) in [7, 11) is 0. The van der Waals surface area contributed by atoms with Gasteiger partial charge in [0.25, 0.3) is 5.91 Å². The van der Waals surface area contributed by atoms with Gasteiger partial charge in [0.2, 0.25) is 11.8 Å². The monoisotopic (exact) mass is 539 g/mol. The summed E-state index contributed by atoms with van der Waals surface area (Å²) in [6.45, 7) is 4.87. The molecular formula is C28H30ClN3O6. The Bertz CT molecular complexity index is 1260. The Morgan fingerprint density at radius 3 is 2.68 bits per heavy atom. The maximum Gasteiger partial charge on any atom is 0.255 e. The van der Waals surface area contributed by atoms with Gasteiger partial charge in [-0.2, -0.15) is 0 Å². The lowest BCUT2D eigenvalue weighted by molar-refractivity contribution is -0.136. The van der Waals surface area contributed by atoms with Crippen LogP contribution in [0, 0.1) is 0 Å². The van der Waals surface area contributed by atoms with Gasteiger partial charge in [0.05, 0.1) is 18.2 Å². The standard InChI is InChI=1S/C28H30ClN3O6/c29-22-16-19(3-7-25(22)38-14-11-31-9-12-37-13-10-31)24(33)6-2-18-1-4-21-20(15-18)17-32(28(21)36)23-5-8-26(34)30-27(23)35/h1,3-4,7,15-16,23H,2,5-6,8-14,17H2,(H,30,34,35). The predicted molar refractivity (Wildman–Crippen MR) is 139 cm³/mol. The van der Waals surface area contributed by atoms with Gasteiger partial charge in [-0.25, -0.2) is 0 Å². The second-order valence-electron chi connectivity index (χ2n) is 9.76. The molecule has 0 spiro atoms. The van der Waals surface area contributed by atoms with E-state index in [2.05, 4.69) is 10.2 Å². The number of aryl methyl sites for hydroxylation is 1. The number of Topliss-reactive ketones (excluding diaryl/α,β-unsaturated/α-hetero) is 1. The molecule has 9 nitrogen and oxygen atoms in total. The van der Waals surface area contributed by atoms with Gasteiger partial charge in [0, 0.05) is 50.1 Å². The highest BCUT2D eigenvalue weighted by molar-refractivity contribution is 6.32. The van der Waals surface area contributed by atoms with Gasteiger partial charge in [-0.3, -0.25) is 29.4 Å². The quantitative estimate of drug-likeness (QED) is 0.386. The number of rotatable bonds is 9. The smallest absolute Gasteiger partial charge is 0.255 e. The fourth-order valence-electron chi connectivity index (χ4n) is 5.09. The molecule has 5 rings (SSSR count). The lowest BCUT2D eigenvalue weighted by atomic mass is 9.99. The van der Waals surface area contributed by atoms with Crippen molar-refractivity contribution in [2.45, 2.75) is 38.3 Å². The van der Waals surface area contributed by atoms with Crippen LogP contribution >= 0.6 is 11.6 Å². The van der Waals surface area contributed by atoms with E-state index in [4.69, 9.17) is 21.1 Å². The van der Waals surface area contributed by atoms with Crippen molar-refractivity contribution in [2.24, 2.45) is 0 Å². The fraction of sp³-hybridized carbons (Fsp3) is 0.429. The SMILES string of the molecule is O=C1CCC(N2Cc3cc(CCC(=O)c4ccc(OCCN5CCOCC5)c(Cl)c4)ccc3C2=O)C(=O)N1. The number of ketones is 1. The summed E-state index contributed by atoms with van der Waals surface area (Å²) in [6.07, 6.45) is 1.34. The molecule has 200 valence electrons. The summed E-state index contributed by atoms with van der Waals surface area (Å²) >= 11 is 6.39. The molecule has 3 aliphatic heterocycles. The maximum absolute atomic E-state index is 12.9. The molecule has 1 atom stereocenters. The number of fused-ring (bicyclic) bond motifs is 1. The summed E-state index contributed by atoms with van der Waals surface area (Å²) in [5.74, 6) is -0.428. The molecular weight excluding hydrogens is 510 g/mol. The van der Waals surface area contributed by atoms with Crippen molar-refractivity contribution < 1.29 is 28.7 Å². The molecule has 38 heavy (non-hydrogen) atoms. The van der Waals surface area contributed by atoms with E-state index in [0.29, 0.717) is 47.9 Å². The lowest BCUT2D eigenvalue weighted by Crippen LogP contribution is -2.52. The normalized spacial score (nSPS) is 19.9. The number of amides is 3. The molecule has 2 saturated heterocycles. The second kappa shape index (κ2) is 11.6. The zero-order valence-corrected chi connectivity index (χ0v) is 21.8. The Morgan fingerprint density at radius 2 is 1.92 bits per heavy atom. The van der Waals surface area contributed by atoms with E-state index in [1.54, 1.807) is 24.3 Å². The summed E-state index contributed by atoms with van der Waals surface area (Å²) in [5.41, 5.74) is 2.84. The van der Waals surface area contributed by atoms with Crippen LogP contribution < -0.4 is 10.1 Å². The molecule has 3 amide bonds. The topological polar surface area (TPSA) is 105 Å². The zero-order valence-electron chi connectivity index (χ0n) is 21.0. The van der Waals surface area contributed by atoms with Gasteiger partial charge in [-0.1, -0.05) is 23.7 Å². The van der Waals surface area contributed by atoms with Gasteiger partial charge in [-0.05, 0) is 48.2 Å². The third-order valence-electron chi connectivity index (χ3n) is 7.25. The molecule has 3 aliphatic rings. The van der Waals surface area contributed by atoms with Gasteiger partial charge in [0.1, 0.15) is 18.4 Å². The highest BCUT2D eigenvalue weighted by Crippen LogP contribution is 2.29. The molecule has 2 fully saturated rings. The molecule has 1 N–H and O–H groups in total. The fourth-order valence-corrected chi connectivity index (χ4v) is 5.32. The minimum atomic E-state index is -0.645. The lowest BCUT2D eigenvalue weighted by Gasteiger charge is -2.29. The van der Waals surface area contributed by atoms with Crippen molar-refractivity contribution in [2.75, 3.05) is 39.5 Å². The molecule has 2 aromatic rings. The first kappa shape index (κ1) is 26.3. The average Bonchev–Trinajstić information content (AvgIpc) is 3.24. The van der Waals surface area contributed by atoms with E-state index in [9.17, 15) is 19.2 Å². The highest BCUT2D eigenvalue weighted by Gasteiger charge is 2.39. The summed E-state index contributed by atoms with van der Waals surface area (Å²) in [5, 5.41) is 2.72. The number of carbonyl (C=O) groups is 4. The van der Waals surface area contributed by atoms with Crippen molar-refractivity contribution >= 4 is 35.1 Å². The van der Waals surface area contributed by atoms with E-state index >= 15 is 0 Å². The van der Waals surface area contributed by atoms with E-state index in [1.807, 2.05) is 12.1 Å². The minimum absolute atomic E-state index is 0.0338. The number of hydrogen-bond donors (Lipinski definition) is 1. The van der Waals surface area contributed by atoms with Crippen LogP contribution in [0.4, 0.5) is 0 Å². The van der Waals surface area contributed by atoms with Crippen LogP contribution in [-0.2, 0) is 27.3 Å². The van der Waals surface area contributed by atoms with Crippen LogP contribution in [0.25, 0.3) is 0 Å². The largest absolute Gasteiger partial charge is 0.491 e. The van der Waals surface area contributed by atoms with Gasteiger partial charge >= 0.3 is 0 Å². The first-order chi connectivity index (χ1) is 18.4. The van der Waals surface area contributed by atoms with Crippen molar-refractivity contribution in [3.8, 4) is 5.75 Å². The molecule has 2 aromatic carbocycles. The second-order valence-corrected chi connectivity index (χ2v) is 10.2. The Hall–Kier alpha value is -3.27. The number of nitrogens with one attached hydrogen (secondary N) is 1. The molecule has 3 heterocycles. The molecule has 0 radical (unpaired) electrons. The first-order valence-corrected chi connectivity index (χ1v) is 13.3. The molecule has 0 bridgehead atoms. The molecule has 0 aromatic heterocycles. The number of piperidine rings is 1. The predicted octanol–water partition coefficient (Wildman–Crippen LogP) is 2.63. The van der Waals surface area contributed by atoms with Crippen molar-refractivity contribution in [3.05, 3.63) is 63.7 Å².